The highest BCUT2D eigenvalue weighted by Crippen LogP contribution is 2.27. The summed E-state index contributed by atoms with van der Waals surface area (Å²) in [7, 11) is 3.18. The Morgan fingerprint density at radius 3 is 2.73 bits per heavy atom. The molecule has 7 heteroatoms. The maximum absolute atomic E-state index is 12.1. The van der Waals surface area contributed by atoms with Gasteiger partial charge in [-0.3, -0.25) is 4.79 Å². The van der Waals surface area contributed by atoms with Crippen LogP contribution in [-0.2, 0) is 16.1 Å². The molecule has 0 aromatic heterocycles. The highest BCUT2D eigenvalue weighted by atomic mass is 35.5. The Bertz CT molecular complexity index is 498. The average molecular weight is 331 g/mol. The van der Waals surface area contributed by atoms with Crippen molar-refractivity contribution in [2.75, 3.05) is 27.4 Å². The van der Waals surface area contributed by atoms with Crippen LogP contribution < -0.4 is 20.1 Å². The first-order valence-electron chi connectivity index (χ1n) is 6.99. The maximum atomic E-state index is 12.1. The van der Waals surface area contributed by atoms with Crippen LogP contribution in [0.25, 0.3) is 0 Å². The molecule has 2 atom stereocenters. The van der Waals surface area contributed by atoms with Gasteiger partial charge in [0.15, 0.2) is 11.5 Å². The standard InChI is InChI=1S/C15H22N2O4.ClH/c1-10-14(16-6-7-21-10)15(18)17-9-11-4-5-12(19-2)13(8-11)20-3;/h4-5,8,10,14,16H,6-7,9H2,1-3H3,(H,17,18);1H/t10-,14+;/m1./s1. The summed E-state index contributed by atoms with van der Waals surface area (Å²) in [6.45, 7) is 3.66. The SMILES string of the molecule is COc1ccc(CNC(=O)[C@H]2NCCO[C@@H]2C)cc1OC.Cl. The smallest absolute Gasteiger partial charge is 0.240 e. The van der Waals surface area contributed by atoms with Gasteiger partial charge in [0.05, 0.1) is 26.9 Å². The van der Waals surface area contributed by atoms with E-state index >= 15 is 0 Å². The molecule has 1 aliphatic rings. The first-order valence-corrected chi connectivity index (χ1v) is 6.99. The molecule has 1 saturated heterocycles. The number of carbonyl (C=O) groups is 1. The summed E-state index contributed by atoms with van der Waals surface area (Å²) < 4.78 is 15.9. The van der Waals surface area contributed by atoms with Gasteiger partial charge in [-0.25, -0.2) is 0 Å². The predicted molar refractivity (Wildman–Crippen MR) is 85.8 cm³/mol. The molecule has 1 aromatic carbocycles. The summed E-state index contributed by atoms with van der Waals surface area (Å²) >= 11 is 0. The molecule has 2 rings (SSSR count). The minimum absolute atomic E-state index is 0. The van der Waals surface area contributed by atoms with Crippen LogP contribution in [0, 0.1) is 0 Å². The normalized spacial score (nSPS) is 20.7. The number of halogens is 1. The molecule has 22 heavy (non-hydrogen) atoms. The Hall–Kier alpha value is -1.50. The van der Waals surface area contributed by atoms with Crippen molar-refractivity contribution >= 4 is 18.3 Å². The van der Waals surface area contributed by atoms with Crippen molar-refractivity contribution in [1.82, 2.24) is 10.6 Å². The number of amides is 1. The van der Waals surface area contributed by atoms with Crippen LogP contribution in [-0.4, -0.2) is 45.4 Å². The number of ether oxygens (including phenoxy) is 3. The summed E-state index contributed by atoms with van der Waals surface area (Å²) in [6, 6.07) is 5.27. The molecule has 1 amide bonds. The Balaban J connectivity index is 0.00000242. The van der Waals surface area contributed by atoms with Crippen molar-refractivity contribution in [3.05, 3.63) is 23.8 Å². The van der Waals surface area contributed by atoms with E-state index in [0.29, 0.717) is 31.2 Å². The minimum atomic E-state index is -0.307. The van der Waals surface area contributed by atoms with Gasteiger partial charge in [0.25, 0.3) is 0 Å². The topological polar surface area (TPSA) is 68.8 Å². The van der Waals surface area contributed by atoms with Gasteiger partial charge >= 0.3 is 0 Å². The van der Waals surface area contributed by atoms with E-state index in [9.17, 15) is 4.79 Å². The zero-order valence-electron chi connectivity index (χ0n) is 13.0. The predicted octanol–water partition coefficient (Wildman–Crippen LogP) is 1.12. The van der Waals surface area contributed by atoms with Gasteiger partial charge in [0.1, 0.15) is 6.04 Å². The van der Waals surface area contributed by atoms with Crippen molar-refractivity contribution in [2.24, 2.45) is 0 Å². The molecule has 0 unspecified atom stereocenters. The molecule has 1 heterocycles. The fourth-order valence-electron chi connectivity index (χ4n) is 2.32. The van der Waals surface area contributed by atoms with Crippen LogP contribution in [0.4, 0.5) is 0 Å². The number of methoxy groups -OCH3 is 2. The van der Waals surface area contributed by atoms with E-state index in [-0.39, 0.29) is 30.5 Å². The first-order chi connectivity index (χ1) is 10.2. The number of carbonyl (C=O) groups excluding carboxylic acids is 1. The summed E-state index contributed by atoms with van der Waals surface area (Å²) in [5.74, 6) is 1.26. The fraction of sp³-hybridized carbons (Fsp3) is 0.533. The lowest BCUT2D eigenvalue weighted by Gasteiger charge is -2.29. The van der Waals surface area contributed by atoms with Gasteiger partial charge in [-0.15, -0.1) is 12.4 Å². The second kappa shape index (κ2) is 8.82. The molecule has 0 aliphatic carbocycles. The molecular weight excluding hydrogens is 308 g/mol. The maximum Gasteiger partial charge on any atom is 0.240 e. The van der Waals surface area contributed by atoms with Gasteiger partial charge in [0.2, 0.25) is 5.91 Å². The molecule has 0 saturated carbocycles. The fourth-order valence-corrected chi connectivity index (χ4v) is 2.32. The second-order valence-corrected chi connectivity index (χ2v) is 4.91. The van der Waals surface area contributed by atoms with Crippen molar-refractivity contribution in [3.8, 4) is 11.5 Å². The van der Waals surface area contributed by atoms with Crippen LogP contribution in [0.1, 0.15) is 12.5 Å². The Morgan fingerprint density at radius 1 is 1.36 bits per heavy atom. The van der Waals surface area contributed by atoms with E-state index in [2.05, 4.69) is 10.6 Å². The Labute approximate surface area is 136 Å². The monoisotopic (exact) mass is 330 g/mol. The van der Waals surface area contributed by atoms with E-state index < -0.39 is 0 Å². The lowest BCUT2D eigenvalue weighted by Crippen LogP contribution is -2.55. The molecular formula is C15H23ClN2O4. The molecule has 1 aliphatic heterocycles. The highest BCUT2D eigenvalue weighted by Gasteiger charge is 2.27. The van der Waals surface area contributed by atoms with Crippen molar-refractivity contribution in [2.45, 2.75) is 25.6 Å². The van der Waals surface area contributed by atoms with Crippen molar-refractivity contribution < 1.29 is 19.0 Å². The lowest BCUT2D eigenvalue weighted by atomic mass is 10.1. The van der Waals surface area contributed by atoms with Crippen LogP contribution in [0.3, 0.4) is 0 Å². The second-order valence-electron chi connectivity index (χ2n) is 4.91. The van der Waals surface area contributed by atoms with E-state index in [1.165, 1.54) is 0 Å². The van der Waals surface area contributed by atoms with E-state index in [1.807, 2.05) is 25.1 Å². The summed E-state index contributed by atoms with van der Waals surface area (Å²) in [5, 5.41) is 6.07. The molecule has 0 radical (unpaired) electrons. The van der Waals surface area contributed by atoms with Gasteiger partial charge in [-0.05, 0) is 24.6 Å². The zero-order chi connectivity index (χ0) is 15.2. The lowest BCUT2D eigenvalue weighted by molar-refractivity contribution is -0.129. The third kappa shape index (κ3) is 4.50. The molecule has 0 bridgehead atoms. The van der Waals surface area contributed by atoms with E-state index in [4.69, 9.17) is 14.2 Å². The van der Waals surface area contributed by atoms with Crippen LogP contribution in [0.15, 0.2) is 18.2 Å². The summed E-state index contributed by atoms with van der Waals surface area (Å²) in [4.78, 5) is 12.1. The third-order valence-corrected chi connectivity index (χ3v) is 3.51. The van der Waals surface area contributed by atoms with Crippen molar-refractivity contribution in [3.63, 3.8) is 0 Å². The molecule has 124 valence electrons. The van der Waals surface area contributed by atoms with Gasteiger partial charge in [-0.1, -0.05) is 6.07 Å². The van der Waals surface area contributed by atoms with E-state index in [0.717, 1.165) is 5.56 Å². The minimum Gasteiger partial charge on any atom is -0.493 e. The average Bonchev–Trinajstić information content (AvgIpc) is 2.52. The Morgan fingerprint density at radius 2 is 2.09 bits per heavy atom. The summed E-state index contributed by atoms with van der Waals surface area (Å²) in [6.07, 6.45) is -0.121. The molecule has 2 N–H and O–H groups in total. The molecule has 1 aromatic rings. The number of rotatable bonds is 5. The quantitative estimate of drug-likeness (QED) is 0.846. The molecule has 6 nitrogen and oxygen atoms in total. The number of nitrogens with one attached hydrogen (secondary N) is 2. The number of hydrogen-bond acceptors (Lipinski definition) is 5. The molecule has 1 fully saturated rings. The zero-order valence-corrected chi connectivity index (χ0v) is 13.9. The number of hydrogen-bond donors (Lipinski definition) is 2. The van der Waals surface area contributed by atoms with Crippen LogP contribution in [0.2, 0.25) is 0 Å². The Kier molecular flexibility index (Phi) is 7.44. The number of benzene rings is 1. The molecule has 0 spiro atoms. The summed E-state index contributed by atoms with van der Waals surface area (Å²) in [5.41, 5.74) is 0.949. The van der Waals surface area contributed by atoms with E-state index in [1.54, 1.807) is 14.2 Å². The van der Waals surface area contributed by atoms with Crippen LogP contribution in [0.5, 0.6) is 11.5 Å². The number of morpholine rings is 1. The van der Waals surface area contributed by atoms with Crippen molar-refractivity contribution in [1.29, 1.82) is 0 Å². The first kappa shape index (κ1) is 18.5. The highest BCUT2D eigenvalue weighted by molar-refractivity contribution is 5.85. The van der Waals surface area contributed by atoms with Gasteiger partial charge in [-0.2, -0.15) is 0 Å². The van der Waals surface area contributed by atoms with Gasteiger partial charge < -0.3 is 24.8 Å². The van der Waals surface area contributed by atoms with Crippen LogP contribution >= 0.6 is 12.4 Å². The third-order valence-electron chi connectivity index (χ3n) is 3.51. The largest absolute Gasteiger partial charge is 0.493 e. The van der Waals surface area contributed by atoms with Gasteiger partial charge in [0, 0.05) is 13.1 Å².